The largest absolute Gasteiger partial charge is 0.457 e. The Balaban J connectivity index is 1.74. The number of esters is 1. The number of carbonyl (C=O) groups excluding carboxylic acids is 1. The molecule has 8 nitrogen and oxygen atoms in total. The normalized spacial score (nSPS) is 39.0. The lowest BCUT2D eigenvalue weighted by atomic mass is 9.98. The summed E-state index contributed by atoms with van der Waals surface area (Å²) >= 11 is 0. The van der Waals surface area contributed by atoms with E-state index in [2.05, 4.69) is 0 Å². The molecular weight excluding hydrogens is 272 g/mol. The van der Waals surface area contributed by atoms with Gasteiger partial charge in [-0.3, -0.25) is 4.79 Å². The van der Waals surface area contributed by atoms with Crippen molar-refractivity contribution in [2.24, 2.45) is 0 Å². The lowest BCUT2D eigenvalue weighted by Gasteiger charge is -2.40. The Bertz CT molecular complexity index is 312. The van der Waals surface area contributed by atoms with Gasteiger partial charge < -0.3 is 33.2 Å². The minimum absolute atomic E-state index is 0.0901. The van der Waals surface area contributed by atoms with E-state index in [9.17, 15) is 4.79 Å². The molecule has 3 fully saturated rings. The molecule has 0 aromatic rings. The molecule has 0 aromatic carbocycles. The molecule has 114 valence electrons. The van der Waals surface area contributed by atoms with Crippen molar-refractivity contribution in [3.63, 3.8) is 0 Å². The van der Waals surface area contributed by atoms with Crippen LogP contribution in [0.5, 0.6) is 0 Å². The fourth-order valence-corrected chi connectivity index (χ4v) is 2.61. The number of carbonyl (C=O) groups is 1. The molecule has 0 unspecified atom stereocenters. The molecule has 8 heteroatoms. The van der Waals surface area contributed by atoms with Crippen LogP contribution < -0.4 is 0 Å². The van der Waals surface area contributed by atoms with E-state index in [1.54, 1.807) is 0 Å². The van der Waals surface area contributed by atoms with E-state index in [1.165, 1.54) is 6.92 Å². The van der Waals surface area contributed by atoms with E-state index in [4.69, 9.17) is 33.2 Å². The summed E-state index contributed by atoms with van der Waals surface area (Å²) in [6, 6.07) is 0. The van der Waals surface area contributed by atoms with Gasteiger partial charge in [0.05, 0.1) is 13.2 Å². The predicted molar refractivity (Wildman–Crippen MR) is 61.6 cm³/mol. The van der Waals surface area contributed by atoms with Gasteiger partial charge in [0, 0.05) is 6.92 Å². The van der Waals surface area contributed by atoms with Crippen molar-refractivity contribution in [2.75, 3.05) is 33.6 Å². The highest BCUT2D eigenvalue weighted by Crippen LogP contribution is 2.28. The first-order valence-electron chi connectivity index (χ1n) is 6.55. The van der Waals surface area contributed by atoms with Gasteiger partial charge in [0.25, 0.3) is 0 Å². The van der Waals surface area contributed by atoms with Crippen LogP contribution >= 0.6 is 0 Å². The molecule has 3 aliphatic rings. The van der Waals surface area contributed by atoms with Gasteiger partial charge in [0.15, 0.2) is 6.10 Å². The smallest absolute Gasteiger partial charge is 0.303 e. The van der Waals surface area contributed by atoms with Crippen LogP contribution in [0.4, 0.5) is 0 Å². The highest BCUT2D eigenvalue weighted by atomic mass is 16.8. The topological polar surface area (TPSA) is 81.7 Å². The standard InChI is InChI=1S/C12H18O8/c1-7(13)20-12-10(8-2-14-4-16-8)18-6-19-11(12)9-3-15-5-17-9/h8-12H,2-6H2,1H3/t8-,9-,10-,11-/m0/s1. The summed E-state index contributed by atoms with van der Waals surface area (Å²) in [7, 11) is 0. The van der Waals surface area contributed by atoms with Crippen LogP contribution in [0.3, 0.4) is 0 Å². The van der Waals surface area contributed by atoms with Crippen LogP contribution in [-0.2, 0) is 38.0 Å². The molecule has 0 spiro atoms. The monoisotopic (exact) mass is 290 g/mol. The molecule has 3 heterocycles. The summed E-state index contributed by atoms with van der Waals surface area (Å²) in [5.74, 6) is -0.406. The van der Waals surface area contributed by atoms with Crippen molar-refractivity contribution in [1.82, 2.24) is 0 Å². The molecular formula is C12H18O8. The van der Waals surface area contributed by atoms with E-state index in [0.717, 1.165) is 0 Å². The van der Waals surface area contributed by atoms with Gasteiger partial charge in [-0.05, 0) is 0 Å². The summed E-state index contributed by atoms with van der Waals surface area (Å²) in [6.45, 7) is 2.67. The summed E-state index contributed by atoms with van der Waals surface area (Å²) in [5, 5.41) is 0. The van der Waals surface area contributed by atoms with Crippen LogP contribution in [0.2, 0.25) is 0 Å². The Morgan fingerprint density at radius 3 is 1.85 bits per heavy atom. The Morgan fingerprint density at radius 1 is 0.900 bits per heavy atom. The minimum atomic E-state index is -0.611. The second-order valence-corrected chi connectivity index (χ2v) is 4.84. The Kier molecular flexibility index (Phi) is 4.49. The number of hydrogen-bond acceptors (Lipinski definition) is 8. The zero-order chi connectivity index (χ0) is 13.9. The van der Waals surface area contributed by atoms with Crippen LogP contribution in [0.25, 0.3) is 0 Å². The van der Waals surface area contributed by atoms with Crippen molar-refractivity contribution in [2.45, 2.75) is 37.4 Å². The molecule has 0 aliphatic carbocycles. The molecule has 4 atom stereocenters. The molecule has 0 N–H and O–H groups in total. The van der Waals surface area contributed by atoms with E-state index >= 15 is 0 Å². The van der Waals surface area contributed by atoms with Gasteiger partial charge in [-0.15, -0.1) is 0 Å². The van der Waals surface area contributed by atoms with Gasteiger partial charge in [-0.25, -0.2) is 0 Å². The van der Waals surface area contributed by atoms with Crippen LogP contribution in [0, 0.1) is 0 Å². The second-order valence-electron chi connectivity index (χ2n) is 4.84. The maximum absolute atomic E-state index is 11.4. The van der Waals surface area contributed by atoms with Gasteiger partial charge in [0.1, 0.15) is 44.8 Å². The SMILES string of the molecule is CC(=O)OC1[C@H]([C@@H]2COCO2)OCO[C@H]1[C@@H]1COCO1. The van der Waals surface area contributed by atoms with Crippen molar-refractivity contribution in [1.29, 1.82) is 0 Å². The molecule has 3 rings (SSSR count). The maximum Gasteiger partial charge on any atom is 0.303 e. The maximum atomic E-state index is 11.4. The van der Waals surface area contributed by atoms with E-state index in [1.807, 2.05) is 0 Å². The first kappa shape index (κ1) is 14.2. The minimum Gasteiger partial charge on any atom is -0.457 e. The summed E-state index contributed by atoms with van der Waals surface area (Å²) in [6.07, 6.45) is -2.06. The van der Waals surface area contributed by atoms with Gasteiger partial charge in [-0.1, -0.05) is 0 Å². The Morgan fingerprint density at radius 2 is 1.45 bits per heavy atom. The average Bonchev–Trinajstić information content (AvgIpc) is 3.12. The predicted octanol–water partition coefficient (Wildman–Crippen LogP) is -0.595. The van der Waals surface area contributed by atoms with Gasteiger partial charge in [0.2, 0.25) is 0 Å². The molecule has 0 aromatic heterocycles. The van der Waals surface area contributed by atoms with Crippen molar-refractivity contribution < 1.29 is 38.0 Å². The number of ether oxygens (including phenoxy) is 7. The van der Waals surface area contributed by atoms with E-state index in [-0.39, 0.29) is 32.6 Å². The zero-order valence-corrected chi connectivity index (χ0v) is 11.2. The molecule has 0 amide bonds. The second kappa shape index (κ2) is 6.33. The summed E-state index contributed by atoms with van der Waals surface area (Å²) in [4.78, 5) is 11.4. The fraction of sp³-hybridized carbons (Fsp3) is 0.917. The molecule has 0 bridgehead atoms. The Hall–Kier alpha value is -0.770. The highest BCUT2D eigenvalue weighted by Gasteiger charge is 2.48. The van der Waals surface area contributed by atoms with E-state index < -0.39 is 24.3 Å². The Labute approximate surface area is 116 Å². The molecule has 3 saturated heterocycles. The third-order valence-corrected chi connectivity index (χ3v) is 3.50. The van der Waals surface area contributed by atoms with Crippen LogP contribution in [-0.4, -0.2) is 70.1 Å². The fourth-order valence-electron chi connectivity index (χ4n) is 2.61. The first-order valence-corrected chi connectivity index (χ1v) is 6.55. The quantitative estimate of drug-likeness (QED) is 0.638. The van der Waals surface area contributed by atoms with Crippen molar-refractivity contribution in [3.05, 3.63) is 0 Å². The van der Waals surface area contributed by atoms with Crippen molar-refractivity contribution in [3.8, 4) is 0 Å². The number of rotatable bonds is 3. The molecule has 0 saturated carbocycles. The van der Waals surface area contributed by atoms with Crippen molar-refractivity contribution >= 4 is 5.97 Å². The zero-order valence-electron chi connectivity index (χ0n) is 11.2. The summed E-state index contributed by atoms with van der Waals surface area (Å²) < 4.78 is 37.8. The third kappa shape index (κ3) is 2.95. The third-order valence-electron chi connectivity index (χ3n) is 3.50. The highest BCUT2D eigenvalue weighted by molar-refractivity contribution is 5.66. The molecule has 20 heavy (non-hydrogen) atoms. The average molecular weight is 290 g/mol. The molecule has 0 radical (unpaired) electrons. The number of hydrogen-bond donors (Lipinski definition) is 0. The molecule has 3 aliphatic heterocycles. The van der Waals surface area contributed by atoms with Gasteiger partial charge >= 0.3 is 5.97 Å². The lowest BCUT2D eigenvalue weighted by Crippen LogP contribution is -2.58. The first-order chi connectivity index (χ1) is 9.75. The summed E-state index contributed by atoms with van der Waals surface area (Å²) in [5.41, 5.74) is 0. The van der Waals surface area contributed by atoms with Crippen LogP contribution in [0.15, 0.2) is 0 Å². The lowest BCUT2D eigenvalue weighted by molar-refractivity contribution is -0.272. The van der Waals surface area contributed by atoms with Gasteiger partial charge in [-0.2, -0.15) is 0 Å². The van der Waals surface area contributed by atoms with E-state index in [0.29, 0.717) is 13.2 Å². The van der Waals surface area contributed by atoms with Crippen LogP contribution in [0.1, 0.15) is 6.92 Å².